The van der Waals surface area contributed by atoms with Gasteiger partial charge in [-0.15, -0.1) is 0 Å². The lowest BCUT2D eigenvalue weighted by molar-refractivity contribution is 0.556. The first-order valence-corrected chi connectivity index (χ1v) is 4.10. The molecule has 1 heteroatoms. The summed E-state index contributed by atoms with van der Waals surface area (Å²) in [4.78, 5) is 0. The van der Waals surface area contributed by atoms with Crippen molar-refractivity contribution >= 4 is 0 Å². The second-order valence-corrected chi connectivity index (χ2v) is 3.73. The number of hydrogen-bond acceptors (Lipinski definition) is 1. The van der Waals surface area contributed by atoms with Crippen LogP contribution in [0.25, 0.3) is 0 Å². The van der Waals surface area contributed by atoms with Crippen LogP contribution >= 0.6 is 0 Å². The minimum Gasteiger partial charge on any atom is -0.325 e. The van der Waals surface area contributed by atoms with Gasteiger partial charge in [0.15, 0.2) is 0 Å². The molecule has 52 valence electrons. The van der Waals surface area contributed by atoms with Gasteiger partial charge in [0, 0.05) is 5.54 Å². The van der Waals surface area contributed by atoms with Crippen LogP contribution < -0.4 is 5.73 Å². The van der Waals surface area contributed by atoms with Crippen LogP contribution in [0.2, 0.25) is 0 Å². The minimum absolute atomic E-state index is 0.330. The zero-order valence-electron chi connectivity index (χ0n) is 5.90. The molecule has 0 amide bonds. The molecule has 2 unspecified atom stereocenters. The van der Waals surface area contributed by atoms with Gasteiger partial charge >= 0.3 is 0 Å². The lowest BCUT2D eigenvalue weighted by Gasteiger charge is -2.05. The molecule has 0 saturated heterocycles. The fraction of sp³-hybridized carbons (Fsp3) is 1.00. The molecule has 0 heterocycles. The van der Waals surface area contributed by atoms with Gasteiger partial charge in [-0.25, -0.2) is 0 Å². The molecular formula is C8H15N. The van der Waals surface area contributed by atoms with Crippen molar-refractivity contribution in [3.63, 3.8) is 0 Å². The Morgan fingerprint density at radius 1 is 1.22 bits per heavy atom. The summed E-state index contributed by atoms with van der Waals surface area (Å²) in [5, 5.41) is 0. The Hall–Kier alpha value is -0.0400. The maximum Gasteiger partial charge on any atom is 0.0186 e. The summed E-state index contributed by atoms with van der Waals surface area (Å²) in [5.74, 6) is 0.917. The van der Waals surface area contributed by atoms with Gasteiger partial charge in [0.25, 0.3) is 0 Å². The van der Waals surface area contributed by atoms with Crippen molar-refractivity contribution in [1.82, 2.24) is 0 Å². The molecule has 2 atom stereocenters. The molecule has 1 nitrogen and oxygen atoms in total. The first-order valence-electron chi connectivity index (χ1n) is 4.10. The van der Waals surface area contributed by atoms with Crippen LogP contribution in [-0.2, 0) is 0 Å². The molecule has 0 aliphatic heterocycles. The van der Waals surface area contributed by atoms with Crippen LogP contribution in [-0.4, -0.2) is 5.54 Å². The van der Waals surface area contributed by atoms with Crippen LogP contribution in [0.15, 0.2) is 0 Å². The molecule has 0 aromatic rings. The van der Waals surface area contributed by atoms with Crippen LogP contribution in [0.1, 0.15) is 38.5 Å². The van der Waals surface area contributed by atoms with E-state index in [4.69, 9.17) is 5.73 Å². The molecule has 0 spiro atoms. The van der Waals surface area contributed by atoms with Crippen molar-refractivity contribution in [3.8, 4) is 0 Å². The molecule has 9 heavy (non-hydrogen) atoms. The highest BCUT2D eigenvalue weighted by Gasteiger charge is 2.50. The van der Waals surface area contributed by atoms with Gasteiger partial charge in [-0.2, -0.15) is 0 Å². The molecule has 2 fully saturated rings. The van der Waals surface area contributed by atoms with Crippen molar-refractivity contribution in [2.75, 3.05) is 0 Å². The van der Waals surface area contributed by atoms with Crippen molar-refractivity contribution in [3.05, 3.63) is 0 Å². The van der Waals surface area contributed by atoms with E-state index in [-0.39, 0.29) is 0 Å². The first kappa shape index (κ1) is 5.72. The zero-order chi connectivity index (χ0) is 6.32. The minimum atomic E-state index is 0.330. The van der Waals surface area contributed by atoms with E-state index in [1.807, 2.05) is 0 Å². The van der Waals surface area contributed by atoms with E-state index < -0.39 is 0 Å². The highest BCUT2D eigenvalue weighted by molar-refractivity contribution is 5.08. The second kappa shape index (κ2) is 1.72. The normalized spacial score (nSPS) is 49.7. The van der Waals surface area contributed by atoms with Gasteiger partial charge in [-0.05, 0) is 25.2 Å². The van der Waals surface area contributed by atoms with E-state index in [1.54, 1.807) is 0 Å². The topological polar surface area (TPSA) is 26.0 Å². The summed E-state index contributed by atoms with van der Waals surface area (Å²) < 4.78 is 0. The second-order valence-electron chi connectivity index (χ2n) is 3.73. The highest BCUT2D eigenvalue weighted by Crippen LogP contribution is 2.49. The van der Waals surface area contributed by atoms with Crippen molar-refractivity contribution in [1.29, 1.82) is 0 Å². The maximum absolute atomic E-state index is 6.05. The van der Waals surface area contributed by atoms with Gasteiger partial charge in [-0.3, -0.25) is 0 Å². The molecule has 2 aliphatic carbocycles. The number of nitrogens with two attached hydrogens (primary N) is 1. The third kappa shape index (κ3) is 0.877. The van der Waals surface area contributed by atoms with Gasteiger partial charge in [0.05, 0.1) is 0 Å². The Balaban J connectivity index is 2.00. The van der Waals surface area contributed by atoms with E-state index in [0.29, 0.717) is 5.54 Å². The van der Waals surface area contributed by atoms with E-state index in [2.05, 4.69) is 0 Å². The lowest BCUT2D eigenvalue weighted by Crippen LogP contribution is -2.23. The molecule has 0 bridgehead atoms. The summed E-state index contributed by atoms with van der Waals surface area (Å²) >= 11 is 0. The summed E-state index contributed by atoms with van der Waals surface area (Å²) in [5.41, 5.74) is 6.38. The monoisotopic (exact) mass is 125 g/mol. The molecule has 2 rings (SSSR count). The highest BCUT2D eigenvalue weighted by atomic mass is 14.9. The number of hydrogen-bond donors (Lipinski definition) is 1. The maximum atomic E-state index is 6.05. The zero-order valence-corrected chi connectivity index (χ0v) is 5.90. The van der Waals surface area contributed by atoms with E-state index >= 15 is 0 Å². The molecule has 2 N–H and O–H groups in total. The fourth-order valence-electron chi connectivity index (χ4n) is 2.12. The van der Waals surface area contributed by atoms with E-state index in [1.165, 1.54) is 38.5 Å². The predicted octanol–water partition coefficient (Wildman–Crippen LogP) is 1.67. The summed E-state index contributed by atoms with van der Waals surface area (Å²) in [6, 6.07) is 0. The molecule has 2 aliphatic rings. The third-order valence-electron chi connectivity index (χ3n) is 2.97. The molecule has 0 radical (unpaired) electrons. The van der Waals surface area contributed by atoms with Crippen molar-refractivity contribution in [2.45, 2.75) is 44.1 Å². The Morgan fingerprint density at radius 2 is 2.11 bits per heavy atom. The van der Waals surface area contributed by atoms with E-state index in [0.717, 1.165) is 5.92 Å². The Bertz CT molecular complexity index is 122. The first-order chi connectivity index (χ1) is 4.31. The molecule has 2 saturated carbocycles. The van der Waals surface area contributed by atoms with Gasteiger partial charge in [-0.1, -0.05) is 19.3 Å². The van der Waals surface area contributed by atoms with Gasteiger partial charge in [0.1, 0.15) is 0 Å². The average Bonchev–Trinajstić information content (AvgIpc) is 2.40. The SMILES string of the molecule is NC12CCCCCC1C2. The number of rotatable bonds is 0. The Morgan fingerprint density at radius 3 is 3.00 bits per heavy atom. The lowest BCUT2D eigenvalue weighted by atomic mass is 10.1. The largest absolute Gasteiger partial charge is 0.325 e. The van der Waals surface area contributed by atoms with E-state index in [9.17, 15) is 0 Å². The summed E-state index contributed by atoms with van der Waals surface area (Å²) in [6.07, 6.45) is 8.28. The van der Waals surface area contributed by atoms with Crippen molar-refractivity contribution < 1.29 is 0 Å². The Kier molecular flexibility index (Phi) is 1.10. The Labute approximate surface area is 56.6 Å². The summed E-state index contributed by atoms with van der Waals surface area (Å²) in [6.45, 7) is 0. The predicted molar refractivity (Wildman–Crippen MR) is 38.1 cm³/mol. The third-order valence-corrected chi connectivity index (χ3v) is 2.97. The average molecular weight is 125 g/mol. The smallest absolute Gasteiger partial charge is 0.0186 e. The molecule has 0 aromatic carbocycles. The fourth-order valence-corrected chi connectivity index (χ4v) is 2.12. The van der Waals surface area contributed by atoms with Crippen LogP contribution in [0.3, 0.4) is 0 Å². The van der Waals surface area contributed by atoms with Gasteiger partial charge < -0.3 is 5.73 Å². The van der Waals surface area contributed by atoms with Crippen LogP contribution in [0, 0.1) is 5.92 Å². The van der Waals surface area contributed by atoms with Crippen LogP contribution in [0.5, 0.6) is 0 Å². The molecule has 0 aromatic heterocycles. The number of fused-ring (bicyclic) bond motifs is 1. The van der Waals surface area contributed by atoms with Crippen molar-refractivity contribution in [2.24, 2.45) is 11.7 Å². The quantitative estimate of drug-likeness (QED) is 0.523. The standard InChI is InChI=1S/C8H15N/c9-8-5-3-1-2-4-7(8)6-8/h7H,1-6,9H2. The summed E-state index contributed by atoms with van der Waals surface area (Å²) in [7, 11) is 0. The van der Waals surface area contributed by atoms with Crippen LogP contribution in [0.4, 0.5) is 0 Å². The van der Waals surface area contributed by atoms with Gasteiger partial charge in [0.2, 0.25) is 0 Å². The molecular weight excluding hydrogens is 110 g/mol.